The summed E-state index contributed by atoms with van der Waals surface area (Å²) in [6.07, 6.45) is 3.24. The summed E-state index contributed by atoms with van der Waals surface area (Å²) in [7, 11) is 0. The lowest BCUT2D eigenvalue weighted by Gasteiger charge is -2.22. The fraction of sp³-hybridized carbons (Fsp3) is 0.250. The first-order valence-electron chi connectivity index (χ1n) is 8.66. The molecule has 7 heteroatoms. The highest BCUT2D eigenvalue weighted by atomic mass is 79.9. The van der Waals surface area contributed by atoms with Crippen molar-refractivity contribution >= 4 is 33.6 Å². The van der Waals surface area contributed by atoms with Gasteiger partial charge in [0.1, 0.15) is 6.04 Å². The molecule has 2 heterocycles. The highest BCUT2D eigenvalue weighted by molar-refractivity contribution is 9.10. The Kier molecular flexibility index (Phi) is 5.31. The van der Waals surface area contributed by atoms with Crippen LogP contribution in [-0.4, -0.2) is 27.2 Å². The second-order valence-corrected chi connectivity index (χ2v) is 8.18. The second kappa shape index (κ2) is 7.86. The standard InChI is InChI=1S/C20H18BrN3O2S/c1-27-16-8-4-14(5-9-16)19-22-20(26-23-19)17-10-11-18(25)24(17)12-13-2-6-15(21)7-3-13/h2-9,17H,10-12H2,1H3. The van der Waals surface area contributed by atoms with Crippen LogP contribution in [0.15, 0.2) is 62.4 Å². The first-order chi connectivity index (χ1) is 13.1. The molecule has 3 aromatic rings. The minimum Gasteiger partial charge on any atom is -0.337 e. The minimum atomic E-state index is -0.173. The Morgan fingerprint density at radius 2 is 1.93 bits per heavy atom. The number of hydrogen-bond donors (Lipinski definition) is 0. The first kappa shape index (κ1) is 18.3. The van der Waals surface area contributed by atoms with Gasteiger partial charge in [0, 0.05) is 27.9 Å². The van der Waals surface area contributed by atoms with Crippen LogP contribution in [0.2, 0.25) is 0 Å². The molecule has 1 atom stereocenters. The van der Waals surface area contributed by atoms with Crippen LogP contribution in [0.5, 0.6) is 0 Å². The molecule has 1 aliphatic heterocycles. The Morgan fingerprint density at radius 3 is 2.63 bits per heavy atom. The lowest BCUT2D eigenvalue weighted by molar-refractivity contribution is -0.129. The monoisotopic (exact) mass is 443 g/mol. The van der Waals surface area contributed by atoms with E-state index in [4.69, 9.17) is 4.52 Å². The van der Waals surface area contributed by atoms with Crippen LogP contribution in [0.25, 0.3) is 11.4 Å². The van der Waals surface area contributed by atoms with E-state index >= 15 is 0 Å². The molecule has 0 spiro atoms. The Morgan fingerprint density at radius 1 is 1.19 bits per heavy atom. The Bertz CT molecular complexity index is 941. The van der Waals surface area contributed by atoms with Crippen molar-refractivity contribution in [1.29, 1.82) is 0 Å². The van der Waals surface area contributed by atoms with Crippen molar-refractivity contribution in [3.05, 3.63) is 64.5 Å². The fourth-order valence-electron chi connectivity index (χ4n) is 3.20. The van der Waals surface area contributed by atoms with E-state index in [1.165, 1.54) is 4.90 Å². The molecule has 0 bridgehead atoms. The molecule has 138 valence electrons. The summed E-state index contributed by atoms with van der Waals surface area (Å²) in [5.74, 6) is 1.18. The van der Waals surface area contributed by atoms with Crippen molar-refractivity contribution in [3.63, 3.8) is 0 Å². The van der Waals surface area contributed by atoms with Gasteiger partial charge in [0.15, 0.2) is 0 Å². The molecule has 0 saturated carbocycles. The second-order valence-electron chi connectivity index (χ2n) is 6.39. The van der Waals surface area contributed by atoms with Gasteiger partial charge in [-0.15, -0.1) is 11.8 Å². The summed E-state index contributed by atoms with van der Waals surface area (Å²) in [4.78, 5) is 20.0. The number of halogens is 1. The summed E-state index contributed by atoms with van der Waals surface area (Å²) in [6.45, 7) is 0.539. The van der Waals surface area contributed by atoms with Gasteiger partial charge >= 0.3 is 0 Å². The summed E-state index contributed by atoms with van der Waals surface area (Å²) in [5.41, 5.74) is 1.98. The largest absolute Gasteiger partial charge is 0.337 e. The molecule has 1 unspecified atom stereocenters. The molecule has 2 aromatic carbocycles. The Labute approximate surface area is 170 Å². The van der Waals surface area contributed by atoms with E-state index in [0.717, 1.165) is 15.6 Å². The molecule has 1 saturated heterocycles. The van der Waals surface area contributed by atoms with Gasteiger partial charge in [-0.05, 0) is 54.6 Å². The number of aromatic nitrogens is 2. The van der Waals surface area contributed by atoms with Gasteiger partial charge in [-0.2, -0.15) is 4.98 Å². The topological polar surface area (TPSA) is 59.2 Å². The maximum atomic E-state index is 12.4. The lowest BCUT2D eigenvalue weighted by atomic mass is 10.2. The van der Waals surface area contributed by atoms with Crippen molar-refractivity contribution in [2.24, 2.45) is 0 Å². The fourth-order valence-corrected chi connectivity index (χ4v) is 3.88. The van der Waals surface area contributed by atoms with Crippen molar-refractivity contribution in [2.45, 2.75) is 30.3 Å². The van der Waals surface area contributed by atoms with Gasteiger partial charge in [-0.1, -0.05) is 33.2 Å². The highest BCUT2D eigenvalue weighted by Gasteiger charge is 2.36. The van der Waals surface area contributed by atoms with Crippen LogP contribution in [0.3, 0.4) is 0 Å². The quantitative estimate of drug-likeness (QED) is 0.514. The number of rotatable bonds is 5. The third kappa shape index (κ3) is 3.94. The van der Waals surface area contributed by atoms with Gasteiger partial charge in [0.25, 0.3) is 0 Å². The maximum absolute atomic E-state index is 12.4. The molecular formula is C20H18BrN3O2S. The molecule has 1 fully saturated rings. The highest BCUT2D eigenvalue weighted by Crippen LogP contribution is 2.34. The summed E-state index contributed by atoms with van der Waals surface area (Å²) < 4.78 is 6.55. The number of carbonyl (C=O) groups excluding carboxylic acids is 1. The Hall–Kier alpha value is -2.12. The normalized spacial score (nSPS) is 16.9. The van der Waals surface area contributed by atoms with Crippen LogP contribution in [0.4, 0.5) is 0 Å². The van der Waals surface area contributed by atoms with Gasteiger partial charge in [0.2, 0.25) is 17.6 Å². The van der Waals surface area contributed by atoms with Crippen molar-refractivity contribution in [2.75, 3.05) is 6.26 Å². The zero-order valence-electron chi connectivity index (χ0n) is 14.8. The van der Waals surface area contributed by atoms with Gasteiger partial charge in [-0.25, -0.2) is 0 Å². The number of likely N-dealkylation sites (tertiary alicyclic amines) is 1. The van der Waals surface area contributed by atoms with Crippen molar-refractivity contribution in [1.82, 2.24) is 15.0 Å². The smallest absolute Gasteiger partial charge is 0.249 e. The third-order valence-corrected chi connectivity index (χ3v) is 5.94. The van der Waals surface area contributed by atoms with Crippen molar-refractivity contribution in [3.8, 4) is 11.4 Å². The van der Waals surface area contributed by atoms with Crippen molar-refractivity contribution < 1.29 is 9.32 Å². The van der Waals surface area contributed by atoms with E-state index in [2.05, 4.69) is 26.1 Å². The van der Waals surface area contributed by atoms with E-state index in [9.17, 15) is 4.79 Å². The molecule has 0 radical (unpaired) electrons. The van der Waals surface area contributed by atoms with Gasteiger partial charge in [0.05, 0.1) is 0 Å². The average Bonchev–Trinajstić information content (AvgIpc) is 3.31. The Balaban J connectivity index is 1.55. The number of carbonyl (C=O) groups is 1. The molecule has 1 aliphatic rings. The third-order valence-electron chi connectivity index (χ3n) is 4.67. The summed E-state index contributed by atoms with van der Waals surface area (Å²) >= 11 is 5.13. The molecule has 1 aromatic heterocycles. The summed E-state index contributed by atoms with van der Waals surface area (Å²) in [5, 5.41) is 4.13. The number of amides is 1. The first-order valence-corrected chi connectivity index (χ1v) is 10.7. The van der Waals surface area contributed by atoms with Gasteiger partial charge in [-0.3, -0.25) is 4.79 Å². The van der Waals surface area contributed by atoms with E-state index in [-0.39, 0.29) is 11.9 Å². The average molecular weight is 444 g/mol. The lowest BCUT2D eigenvalue weighted by Crippen LogP contribution is -2.27. The number of hydrogen-bond acceptors (Lipinski definition) is 5. The van der Waals surface area contributed by atoms with E-state index in [1.807, 2.05) is 59.7 Å². The molecule has 27 heavy (non-hydrogen) atoms. The molecule has 5 nitrogen and oxygen atoms in total. The molecular weight excluding hydrogens is 426 g/mol. The van der Waals surface area contributed by atoms with Crippen LogP contribution in [0, 0.1) is 0 Å². The molecule has 0 aliphatic carbocycles. The number of nitrogens with zero attached hydrogens (tertiary/aromatic N) is 3. The molecule has 4 rings (SSSR count). The zero-order chi connectivity index (χ0) is 18.8. The maximum Gasteiger partial charge on any atom is 0.249 e. The SMILES string of the molecule is CSc1ccc(-c2noc(C3CCC(=O)N3Cc3ccc(Br)cc3)n2)cc1. The molecule has 1 amide bonds. The van der Waals surface area contributed by atoms with Gasteiger partial charge < -0.3 is 9.42 Å². The van der Waals surface area contributed by atoms with E-state index < -0.39 is 0 Å². The number of benzene rings is 2. The van der Waals surface area contributed by atoms with Crippen LogP contribution >= 0.6 is 27.7 Å². The van der Waals surface area contributed by atoms with Crippen LogP contribution in [0.1, 0.15) is 30.3 Å². The minimum absolute atomic E-state index is 0.118. The van der Waals surface area contributed by atoms with Crippen LogP contribution < -0.4 is 0 Å². The van der Waals surface area contributed by atoms with E-state index in [1.54, 1.807) is 11.8 Å². The van der Waals surface area contributed by atoms with Crippen LogP contribution in [-0.2, 0) is 11.3 Å². The summed E-state index contributed by atoms with van der Waals surface area (Å²) in [6, 6.07) is 15.9. The predicted molar refractivity (Wildman–Crippen MR) is 108 cm³/mol. The zero-order valence-corrected chi connectivity index (χ0v) is 17.2. The molecule has 0 N–H and O–H groups in total. The predicted octanol–water partition coefficient (Wildman–Crippen LogP) is 5.08. The number of thioether (sulfide) groups is 1. The van der Waals surface area contributed by atoms with E-state index in [0.29, 0.717) is 31.1 Å².